The number of H-pyrrole nitrogens is 1. The molecule has 0 atom stereocenters. The molecule has 0 aliphatic heterocycles. The van der Waals surface area contributed by atoms with E-state index in [4.69, 9.17) is 12.2 Å². The highest BCUT2D eigenvalue weighted by atomic mass is 32.1. The summed E-state index contributed by atoms with van der Waals surface area (Å²) in [5.41, 5.74) is 2.66. The molecular weight excluding hydrogens is 248 g/mol. The van der Waals surface area contributed by atoms with Gasteiger partial charge in [-0.25, -0.2) is 4.68 Å². The Morgan fingerprint density at radius 1 is 1.33 bits per heavy atom. The first-order chi connectivity index (χ1) is 8.65. The summed E-state index contributed by atoms with van der Waals surface area (Å²) in [6.45, 7) is 3.68. The van der Waals surface area contributed by atoms with Crippen molar-refractivity contribution in [2.75, 3.05) is 5.43 Å². The minimum Gasteiger partial charge on any atom is -0.274 e. The van der Waals surface area contributed by atoms with E-state index in [1.54, 1.807) is 4.68 Å². The summed E-state index contributed by atoms with van der Waals surface area (Å²) in [4.78, 5) is 11.0. The summed E-state index contributed by atoms with van der Waals surface area (Å²) in [7, 11) is 0. The Hall–Kier alpha value is -1.17. The molecule has 2 N–H and O–H groups in total. The monoisotopic (exact) mass is 270 g/mol. The molecule has 0 radical (unpaired) electrons. The minimum atomic E-state index is -0.142. The van der Waals surface area contributed by atoms with Crippen LogP contribution >= 0.6 is 12.2 Å². The molecule has 0 aliphatic carbocycles. The zero-order valence-corrected chi connectivity index (χ0v) is 12.0. The molecule has 1 aromatic rings. The fourth-order valence-corrected chi connectivity index (χ4v) is 2.03. The van der Waals surface area contributed by atoms with Gasteiger partial charge in [-0.3, -0.25) is 15.3 Å². The van der Waals surface area contributed by atoms with Crippen molar-refractivity contribution in [1.82, 2.24) is 14.9 Å². The lowest BCUT2D eigenvalue weighted by molar-refractivity contribution is -0.115. The van der Waals surface area contributed by atoms with E-state index in [1.165, 1.54) is 39.0 Å². The molecule has 0 unspecified atom stereocenters. The topological polar surface area (TPSA) is 62.7 Å². The van der Waals surface area contributed by atoms with Crippen molar-refractivity contribution in [2.24, 2.45) is 0 Å². The molecule has 1 aromatic heterocycles. The average Bonchev–Trinajstić information content (AvgIpc) is 2.65. The van der Waals surface area contributed by atoms with Gasteiger partial charge in [0.2, 0.25) is 10.7 Å². The van der Waals surface area contributed by atoms with Crippen LogP contribution in [0.2, 0.25) is 0 Å². The van der Waals surface area contributed by atoms with E-state index in [2.05, 4.69) is 22.5 Å². The molecular formula is C12H22N4OS. The fraction of sp³-hybridized carbons (Fsp3) is 0.750. The second kappa shape index (κ2) is 8.02. The Balaban J connectivity index is 2.38. The molecule has 0 fully saturated rings. The highest BCUT2D eigenvalue weighted by Gasteiger charge is 2.06. The molecule has 0 spiro atoms. The number of carbonyl (C=O) groups is 1. The Morgan fingerprint density at radius 2 is 2.00 bits per heavy atom. The summed E-state index contributed by atoms with van der Waals surface area (Å²) in [5.74, 6) is 0.655. The van der Waals surface area contributed by atoms with Crippen molar-refractivity contribution in [3.8, 4) is 0 Å². The van der Waals surface area contributed by atoms with Crippen LogP contribution in [0.25, 0.3) is 0 Å². The van der Waals surface area contributed by atoms with Gasteiger partial charge < -0.3 is 0 Å². The molecule has 1 heterocycles. The number of carbonyl (C=O) groups excluding carboxylic acids is 1. The number of hydrogen-bond donors (Lipinski definition) is 2. The molecule has 6 heteroatoms. The van der Waals surface area contributed by atoms with Gasteiger partial charge in [0.15, 0.2) is 5.82 Å². The van der Waals surface area contributed by atoms with Crippen LogP contribution in [0.3, 0.4) is 0 Å². The number of hydrogen-bond acceptors (Lipinski definition) is 3. The molecule has 18 heavy (non-hydrogen) atoms. The molecule has 102 valence electrons. The summed E-state index contributed by atoms with van der Waals surface area (Å²) < 4.78 is 2.00. The van der Waals surface area contributed by atoms with Gasteiger partial charge in [0, 0.05) is 13.3 Å². The van der Waals surface area contributed by atoms with Crippen molar-refractivity contribution >= 4 is 18.1 Å². The first kappa shape index (κ1) is 14.9. The summed E-state index contributed by atoms with van der Waals surface area (Å²) >= 11 is 5.06. The van der Waals surface area contributed by atoms with Gasteiger partial charge in [-0.05, 0) is 18.6 Å². The number of unbranched alkanes of at least 4 members (excludes halogenated alkanes) is 5. The van der Waals surface area contributed by atoms with E-state index in [9.17, 15) is 4.79 Å². The summed E-state index contributed by atoms with van der Waals surface area (Å²) in [6, 6.07) is 0. The molecule has 0 aliphatic rings. The number of aromatic nitrogens is 3. The van der Waals surface area contributed by atoms with E-state index in [1.807, 2.05) is 0 Å². The van der Waals surface area contributed by atoms with Gasteiger partial charge in [0.1, 0.15) is 0 Å². The maximum absolute atomic E-state index is 11.0. The van der Waals surface area contributed by atoms with Crippen LogP contribution in [-0.2, 0) is 11.2 Å². The highest BCUT2D eigenvalue weighted by Crippen LogP contribution is 2.08. The largest absolute Gasteiger partial charge is 0.274 e. The second-order valence-corrected chi connectivity index (χ2v) is 4.85. The Bertz CT molecular complexity index is 424. The van der Waals surface area contributed by atoms with Crippen LogP contribution < -0.4 is 5.43 Å². The predicted octanol–water partition coefficient (Wildman–Crippen LogP) is 2.93. The van der Waals surface area contributed by atoms with Crippen LogP contribution in [0, 0.1) is 4.77 Å². The van der Waals surface area contributed by atoms with E-state index in [-0.39, 0.29) is 5.91 Å². The van der Waals surface area contributed by atoms with Crippen LogP contribution in [0.1, 0.15) is 58.2 Å². The highest BCUT2D eigenvalue weighted by molar-refractivity contribution is 7.71. The van der Waals surface area contributed by atoms with Crippen LogP contribution in [0.4, 0.5) is 0 Å². The number of rotatable bonds is 8. The number of aryl methyl sites for hydroxylation is 1. The Labute approximate surface area is 113 Å². The Morgan fingerprint density at radius 3 is 2.67 bits per heavy atom. The van der Waals surface area contributed by atoms with Gasteiger partial charge in [-0.15, -0.1) is 0 Å². The third-order valence-corrected chi connectivity index (χ3v) is 3.04. The SMILES string of the molecule is CCCCCCCCc1n[nH]c(=S)n1NC(C)=O. The Kier molecular flexibility index (Phi) is 6.64. The van der Waals surface area contributed by atoms with Gasteiger partial charge in [0.05, 0.1) is 0 Å². The van der Waals surface area contributed by atoms with Crippen LogP contribution in [0.15, 0.2) is 0 Å². The van der Waals surface area contributed by atoms with E-state index < -0.39 is 0 Å². The average molecular weight is 270 g/mol. The van der Waals surface area contributed by atoms with Gasteiger partial charge >= 0.3 is 0 Å². The van der Waals surface area contributed by atoms with Gasteiger partial charge in [-0.2, -0.15) is 5.10 Å². The lowest BCUT2D eigenvalue weighted by atomic mass is 10.1. The standard InChI is InChI=1S/C12H22N4OS/c1-3-4-5-6-7-8-9-11-13-14-12(18)16(11)15-10(2)17/h3-9H2,1-2H3,(H,14,18)(H,15,17). The molecule has 0 saturated carbocycles. The second-order valence-electron chi connectivity index (χ2n) is 4.47. The van der Waals surface area contributed by atoms with Crippen molar-refractivity contribution in [3.63, 3.8) is 0 Å². The maximum Gasteiger partial charge on any atom is 0.235 e. The number of aromatic amines is 1. The van der Waals surface area contributed by atoms with Crippen molar-refractivity contribution in [2.45, 2.75) is 58.8 Å². The molecule has 0 saturated heterocycles. The minimum absolute atomic E-state index is 0.142. The van der Waals surface area contributed by atoms with Crippen molar-refractivity contribution in [3.05, 3.63) is 10.6 Å². The molecule has 0 bridgehead atoms. The molecule has 1 rings (SSSR count). The number of nitrogens with zero attached hydrogens (tertiary/aromatic N) is 2. The first-order valence-corrected chi connectivity index (χ1v) is 7.00. The number of nitrogens with one attached hydrogen (secondary N) is 2. The lowest BCUT2D eigenvalue weighted by Crippen LogP contribution is -2.22. The third kappa shape index (κ3) is 5.00. The zero-order valence-electron chi connectivity index (χ0n) is 11.2. The van der Waals surface area contributed by atoms with Crippen molar-refractivity contribution in [1.29, 1.82) is 0 Å². The zero-order chi connectivity index (χ0) is 13.4. The molecule has 0 aromatic carbocycles. The van der Waals surface area contributed by atoms with E-state index in [0.717, 1.165) is 18.7 Å². The summed E-state index contributed by atoms with van der Waals surface area (Å²) in [6.07, 6.45) is 8.24. The molecule has 1 amide bonds. The van der Waals surface area contributed by atoms with E-state index >= 15 is 0 Å². The number of amides is 1. The molecule has 5 nitrogen and oxygen atoms in total. The fourth-order valence-electron chi connectivity index (χ4n) is 1.83. The van der Waals surface area contributed by atoms with Crippen LogP contribution in [0.5, 0.6) is 0 Å². The smallest absolute Gasteiger partial charge is 0.235 e. The first-order valence-electron chi connectivity index (χ1n) is 6.59. The van der Waals surface area contributed by atoms with E-state index in [0.29, 0.717) is 4.77 Å². The quantitative estimate of drug-likeness (QED) is 0.564. The predicted molar refractivity (Wildman–Crippen MR) is 74.5 cm³/mol. The normalized spacial score (nSPS) is 10.6. The van der Waals surface area contributed by atoms with Crippen molar-refractivity contribution < 1.29 is 4.79 Å². The van der Waals surface area contributed by atoms with Gasteiger partial charge in [0.25, 0.3) is 0 Å². The lowest BCUT2D eigenvalue weighted by Gasteiger charge is -2.06. The summed E-state index contributed by atoms with van der Waals surface area (Å²) in [5, 5.41) is 6.84. The maximum atomic E-state index is 11.0. The third-order valence-electron chi connectivity index (χ3n) is 2.76. The van der Waals surface area contributed by atoms with Gasteiger partial charge in [-0.1, -0.05) is 39.0 Å². The van der Waals surface area contributed by atoms with Crippen LogP contribution in [-0.4, -0.2) is 20.8 Å².